The van der Waals surface area contributed by atoms with Crippen molar-refractivity contribution in [3.8, 4) is 46.0 Å². The van der Waals surface area contributed by atoms with Crippen LogP contribution in [0.1, 0.15) is 226 Å². The molecule has 1 aliphatic carbocycles. The Kier molecular flexibility index (Phi) is 34.6. The molecule has 2 aliphatic heterocycles. The third-order valence-electron chi connectivity index (χ3n) is 20.3. The molecular formula is C96H120N8O12. The Bertz CT molecular complexity index is 3900. The Morgan fingerprint density at radius 3 is 0.672 bits per heavy atom. The number of unbranched alkanes of at least 4 members (excludes halogenated alkanes) is 8. The molecule has 8 aromatic carbocycles. The Balaban J connectivity index is 1.13. The molecule has 20 nitrogen and oxygen atoms in total. The van der Waals surface area contributed by atoms with Gasteiger partial charge in [0, 0.05) is 140 Å². The molecule has 0 saturated heterocycles. The first kappa shape index (κ1) is 85.6. The van der Waals surface area contributed by atoms with Crippen LogP contribution in [0, 0.1) is 0 Å². The van der Waals surface area contributed by atoms with E-state index in [9.17, 15) is 19.2 Å². The third kappa shape index (κ3) is 28.0. The van der Waals surface area contributed by atoms with Crippen molar-refractivity contribution in [2.75, 3.05) is 95.4 Å². The van der Waals surface area contributed by atoms with Gasteiger partial charge in [0.2, 0.25) is 0 Å². The second kappa shape index (κ2) is 46.9. The summed E-state index contributed by atoms with van der Waals surface area (Å²) in [5.41, 5.74) is 9.80. The first-order valence-corrected chi connectivity index (χ1v) is 42.6. The van der Waals surface area contributed by atoms with E-state index in [2.05, 4.69) is 94.5 Å². The van der Waals surface area contributed by atoms with E-state index in [4.69, 9.17) is 37.9 Å². The molecule has 8 amide bonds. The van der Waals surface area contributed by atoms with E-state index in [-0.39, 0.29) is 25.7 Å². The maximum absolute atomic E-state index is 14.9. The van der Waals surface area contributed by atoms with Crippen molar-refractivity contribution in [3.63, 3.8) is 0 Å². The van der Waals surface area contributed by atoms with Gasteiger partial charge < -0.3 is 80.4 Å². The number of fused-ring (bicyclic) bond motifs is 16. The number of rotatable bonds is 20. The quantitative estimate of drug-likeness (QED) is 0.0263. The molecule has 0 radical (unpaired) electrons. The second-order valence-corrected chi connectivity index (χ2v) is 30.2. The van der Waals surface area contributed by atoms with Gasteiger partial charge in [-0.25, -0.2) is 19.2 Å². The van der Waals surface area contributed by atoms with Gasteiger partial charge in [0.25, 0.3) is 0 Å². The molecule has 3 aliphatic rings. The fraction of sp³-hybridized carbons (Fsp3) is 0.417. The summed E-state index contributed by atoms with van der Waals surface area (Å²) in [6, 6.07) is 43.5. The smallest absolute Gasteiger partial charge is 0.323 e. The lowest BCUT2D eigenvalue weighted by Crippen LogP contribution is -2.21. The number of hydrogen-bond acceptors (Lipinski definition) is 12. The summed E-state index contributed by atoms with van der Waals surface area (Å²) in [5, 5.41) is 25.5. The maximum atomic E-state index is 14.9. The maximum Gasteiger partial charge on any atom is 0.323 e. The fourth-order valence-electron chi connectivity index (χ4n) is 14.5. The zero-order valence-electron chi connectivity index (χ0n) is 68.5. The normalized spacial score (nSPS) is 15.3. The van der Waals surface area contributed by atoms with Gasteiger partial charge in [-0.05, 0) is 200 Å². The molecule has 20 heteroatoms. The van der Waals surface area contributed by atoms with Crippen LogP contribution in [0.25, 0.3) is 0 Å². The standard InChI is InChI=1S/C96H120N8O12/c1-5-9-25-49-113-89-69-53-70-58-82-63-75(90(70)114-50-26-10-6-2)56-76-64-84-60-72(92(76)116-52-28-12-8-4)54-71-59-83(103-95(107)99-79-39-35-43-87(67-79)111-47-31-23-19-15-16-20-24-32-48-112-88-44-36-40-80(68-88)100-96(108)104-84)62-74(91(71)115-51-27-11-7-3)55-73(89)61-81(57-69)101-93(105)97-77-37-33-41-85(65-77)109-45-29-21-17-13-14-18-22-30-46-110-86-42-34-38-78(66-86)98-94(106)102-82/h13-16,33-44,57-68H,5-12,17-32,45-56H2,1-4H3,(H2,97,101,105)(H2,98,102,106)(H2,99,103,107)(H2,100,104,108)/b14-13+,16-15?. The minimum Gasteiger partial charge on any atom is -0.494 e. The molecule has 11 rings (SSSR count). The summed E-state index contributed by atoms with van der Waals surface area (Å²) < 4.78 is 54.1. The van der Waals surface area contributed by atoms with Gasteiger partial charge in [-0.2, -0.15) is 0 Å². The number of hydrogen-bond donors (Lipinski definition) is 8. The van der Waals surface area contributed by atoms with E-state index in [0.717, 1.165) is 154 Å². The lowest BCUT2D eigenvalue weighted by atomic mass is 9.90. The van der Waals surface area contributed by atoms with Gasteiger partial charge >= 0.3 is 24.1 Å². The number of carbonyl (C=O) groups excluding carboxylic acids is 4. The average Bonchev–Trinajstić information content (AvgIpc) is 0.770. The van der Waals surface area contributed by atoms with Crippen molar-refractivity contribution in [2.24, 2.45) is 0 Å². The molecular weight excluding hydrogens is 1460 g/mol. The first-order valence-electron chi connectivity index (χ1n) is 42.6. The highest BCUT2D eigenvalue weighted by Crippen LogP contribution is 2.44. The number of urea groups is 4. The molecule has 0 unspecified atom stereocenters. The minimum atomic E-state index is -0.485. The molecule has 2 heterocycles. The average molecular weight is 1580 g/mol. The summed E-state index contributed by atoms with van der Waals surface area (Å²) in [7, 11) is 0. The van der Waals surface area contributed by atoms with Crippen LogP contribution in [0.5, 0.6) is 46.0 Å². The lowest BCUT2D eigenvalue weighted by Gasteiger charge is -2.25. The molecule has 0 spiro atoms. The van der Waals surface area contributed by atoms with Gasteiger partial charge in [0.05, 0.1) is 52.9 Å². The topological polar surface area (TPSA) is 238 Å². The highest BCUT2D eigenvalue weighted by atomic mass is 16.5. The van der Waals surface area contributed by atoms with Crippen molar-refractivity contribution in [1.29, 1.82) is 0 Å². The third-order valence-corrected chi connectivity index (χ3v) is 20.3. The van der Waals surface area contributed by atoms with E-state index in [1.807, 2.05) is 146 Å². The minimum absolute atomic E-state index is 0.172. The fourth-order valence-corrected chi connectivity index (χ4v) is 14.5. The molecule has 0 saturated carbocycles. The largest absolute Gasteiger partial charge is 0.494 e. The Morgan fingerprint density at radius 1 is 0.259 bits per heavy atom. The number of nitrogens with one attached hydrogen (secondary N) is 8. The van der Waals surface area contributed by atoms with Crippen LogP contribution in [0.2, 0.25) is 0 Å². The molecule has 0 fully saturated rings. The van der Waals surface area contributed by atoms with Crippen LogP contribution < -0.4 is 80.4 Å². The highest BCUT2D eigenvalue weighted by molar-refractivity contribution is 6.03. The van der Waals surface area contributed by atoms with Gasteiger partial charge in [0.15, 0.2) is 0 Å². The molecule has 0 atom stereocenters. The van der Waals surface area contributed by atoms with Crippen molar-refractivity contribution >= 4 is 69.6 Å². The molecule has 616 valence electrons. The number of benzene rings is 8. The SMILES string of the molecule is CCCCCOc1c2cc3cc1Cc1cc4cc(c1OCCCCC)Cc1cc(cc(c1OCCCCC)Cc1cc(cc(c1OCCCCC)C2)NC(=O)Nc1cccc(c1)OCCCCC=CCCCCOc1cccc(c1)NC(=O)N3)NC(=O)Nc1cccc(c1)OCCCC/C=C/CCCCOc1cccc(c1)NC(=O)N4. The Labute approximate surface area is 686 Å². The highest BCUT2D eigenvalue weighted by Gasteiger charge is 2.27. The number of amides is 8. The number of anilines is 8. The van der Waals surface area contributed by atoms with Crippen LogP contribution >= 0.6 is 0 Å². The lowest BCUT2D eigenvalue weighted by molar-refractivity contribution is 0.261. The second-order valence-electron chi connectivity index (χ2n) is 30.2. The van der Waals surface area contributed by atoms with Crippen LogP contribution in [-0.4, -0.2) is 77.0 Å². The molecule has 8 aromatic rings. The number of allylic oxidation sites excluding steroid dienone is 4. The van der Waals surface area contributed by atoms with Crippen LogP contribution in [-0.2, 0) is 25.7 Å². The van der Waals surface area contributed by atoms with Gasteiger partial charge in [-0.15, -0.1) is 0 Å². The van der Waals surface area contributed by atoms with Crippen LogP contribution in [0.3, 0.4) is 0 Å². The predicted octanol–water partition coefficient (Wildman–Crippen LogP) is 24.6. The summed E-state index contributed by atoms with van der Waals surface area (Å²) in [6.07, 6.45) is 31.2. The van der Waals surface area contributed by atoms with E-state index in [1.165, 1.54) is 0 Å². The van der Waals surface area contributed by atoms with E-state index >= 15 is 0 Å². The van der Waals surface area contributed by atoms with E-state index < -0.39 is 24.1 Å². The van der Waals surface area contributed by atoms with Crippen LogP contribution in [0.4, 0.5) is 64.7 Å². The number of carbonyl (C=O) groups is 4. The van der Waals surface area contributed by atoms with Crippen molar-refractivity contribution in [1.82, 2.24) is 0 Å². The monoisotopic (exact) mass is 1580 g/mol. The number of ether oxygens (including phenoxy) is 8. The van der Waals surface area contributed by atoms with Crippen LogP contribution in [0.15, 0.2) is 170 Å². The van der Waals surface area contributed by atoms with E-state index in [1.54, 1.807) is 0 Å². The molecule has 0 aromatic heterocycles. The predicted molar refractivity (Wildman–Crippen MR) is 469 cm³/mol. The van der Waals surface area contributed by atoms with Gasteiger partial charge in [0.1, 0.15) is 46.0 Å². The molecule has 116 heavy (non-hydrogen) atoms. The first-order chi connectivity index (χ1) is 56.9. The summed E-state index contributed by atoms with van der Waals surface area (Å²) >= 11 is 0. The van der Waals surface area contributed by atoms with Crippen molar-refractivity contribution < 1.29 is 57.1 Å². The Morgan fingerprint density at radius 2 is 0.466 bits per heavy atom. The van der Waals surface area contributed by atoms with E-state index in [0.29, 0.717) is 189 Å². The zero-order valence-corrected chi connectivity index (χ0v) is 68.5. The summed E-state index contributed by atoms with van der Waals surface area (Å²) in [6.45, 7) is 12.2. The van der Waals surface area contributed by atoms with Crippen molar-refractivity contribution in [2.45, 2.75) is 207 Å². The zero-order chi connectivity index (χ0) is 80.7. The summed E-state index contributed by atoms with van der Waals surface area (Å²) in [5.74, 6) is 4.94. The summed E-state index contributed by atoms with van der Waals surface area (Å²) in [4.78, 5) is 59.4. The van der Waals surface area contributed by atoms with Gasteiger partial charge in [-0.3, -0.25) is 0 Å². The van der Waals surface area contributed by atoms with Gasteiger partial charge in [-0.1, -0.05) is 128 Å². The van der Waals surface area contributed by atoms with Crippen molar-refractivity contribution in [3.05, 3.63) is 214 Å². The molecule has 20 bridgehead atoms. The molecule has 8 N–H and O–H groups in total. The Hall–Kier alpha value is -11.3.